The van der Waals surface area contributed by atoms with Gasteiger partial charge in [0, 0.05) is 22.4 Å². The Bertz CT molecular complexity index is 1040. The van der Waals surface area contributed by atoms with Crippen LogP contribution in [0.15, 0.2) is 48.5 Å². The van der Waals surface area contributed by atoms with E-state index >= 15 is 0 Å². The van der Waals surface area contributed by atoms with Crippen molar-refractivity contribution in [2.75, 3.05) is 17.7 Å². The summed E-state index contributed by atoms with van der Waals surface area (Å²) in [6.07, 6.45) is 1.12. The maximum atomic E-state index is 13.1. The number of rotatable bonds is 5. The summed E-state index contributed by atoms with van der Waals surface area (Å²) in [4.78, 5) is 38.0. The second-order valence-electron chi connectivity index (χ2n) is 8.89. The molecule has 2 bridgehead atoms. The van der Waals surface area contributed by atoms with Crippen molar-refractivity contribution in [2.24, 2.45) is 10.8 Å². The van der Waals surface area contributed by atoms with Crippen LogP contribution in [0.4, 0.5) is 11.4 Å². The van der Waals surface area contributed by atoms with E-state index in [0.717, 1.165) is 0 Å². The van der Waals surface area contributed by atoms with E-state index in [4.69, 9.17) is 9.47 Å². The first-order chi connectivity index (χ1) is 14.6. The fourth-order valence-electron chi connectivity index (χ4n) is 4.56. The van der Waals surface area contributed by atoms with E-state index in [9.17, 15) is 14.4 Å². The molecule has 1 heterocycles. The van der Waals surface area contributed by atoms with Crippen LogP contribution in [0.25, 0.3) is 0 Å². The van der Waals surface area contributed by atoms with Gasteiger partial charge in [0.15, 0.2) is 5.60 Å². The Morgan fingerprint density at radius 3 is 2.00 bits per heavy atom. The highest BCUT2D eigenvalue weighted by Crippen LogP contribution is 2.65. The number of amides is 2. The first kappa shape index (κ1) is 20.9. The number of fused-ring (bicyclic) bond motifs is 2. The molecule has 2 fully saturated rings. The number of esters is 1. The van der Waals surface area contributed by atoms with Gasteiger partial charge in [-0.2, -0.15) is 0 Å². The van der Waals surface area contributed by atoms with Gasteiger partial charge in [-0.05, 0) is 68.3 Å². The third kappa shape index (κ3) is 3.07. The van der Waals surface area contributed by atoms with Crippen LogP contribution in [0.1, 0.15) is 44.0 Å². The van der Waals surface area contributed by atoms with E-state index in [0.29, 0.717) is 35.5 Å². The smallest absolute Gasteiger partial charge is 0.313 e. The van der Waals surface area contributed by atoms with Crippen LogP contribution in [0.3, 0.4) is 0 Å². The summed E-state index contributed by atoms with van der Waals surface area (Å²) in [7, 11) is 1.58. The van der Waals surface area contributed by atoms with Gasteiger partial charge in [-0.15, -0.1) is 0 Å². The maximum Gasteiger partial charge on any atom is 0.313 e. The lowest BCUT2D eigenvalue weighted by molar-refractivity contribution is -0.165. The average molecular weight is 422 g/mol. The summed E-state index contributed by atoms with van der Waals surface area (Å²) in [6.45, 7) is 5.70. The molecule has 4 rings (SSSR count). The number of hydrogen-bond donors (Lipinski definition) is 2. The monoisotopic (exact) mass is 422 g/mol. The number of nitrogens with one attached hydrogen (secondary N) is 2. The summed E-state index contributed by atoms with van der Waals surface area (Å²) >= 11 is 0. The first-order valence-electron chi connectivity index (χ1n) is 10.2. The van der Waals surface area contributed by atoms with Crippen molar-refractivity contribution in [3.63, 3.8) is 0 Å². The van der Waals surface area contributed by atoms with Gasteiger partial charge in [0.2, 0.25) is 0 Å². The van der Waals surface area contributed by atoms with Crippen molar-refractivity contribution in [3.05, 3.63) is 54.1 Å². The highest BCUT2D eigenvalue weighted by atomic mass is 16.6. The molecular formula is C24H26N2O5. The molecule has 1 aliphatic heterocycles. The Morgan fingerprint density at radius 2 is 1.48 bits per heavy atom. The van der Waals surface area contributed by atoms with Crippen LogP contribution in [0.5, 0.6) is 5.75 Å². The Balaban J connectivity index is 1.44. The lowest BCUT2D eigenvalue weighted by atomic mass is 9.66. The molecule has 1 aliphatic carbocycles. The first-order valence-corrected chi connectivity index (χ1v) is 10.2. The highest BCUT2D eigenvalue weighted by molar-refractivity contribution is 6.06. The topological polar surface area (TPSA) is 93.7 Å². The standard InChI is InChI=1S/C24H26N2O5/c1-22(2)23(3)13-14-24(22,31-21(23)29)20(28)26-17-7-5-15(6-8-17)19(27)25-16-9-11-18(30-4)12-10-16/h5-12H,13-14H2,1-4H3,(H,25,27)(H,26,28). The SMILES string of the molecule is COc1ccc(NC(=O)c2ccc(NC(=O)C34CCC(C)(C(=O)O3)C4(C)C)cc2)cc1. The molecule has 7 heteroatoms. The molecule has 2 aromatic carbocycles. The van der Waals surface area contributed by atoms with Crippen molar-refractivity contribution in [1.29, 1.82) is 0 Å². The number of methoxy groups -OCH3 is 1. The molecule has 7 nitrogen and oxygen atoms in total. The number of ether oxygens (including phenoxy) is 2. The second kappa shape index (κ2) is 7.11. The van der Waals surface area contributed by atoms with Gasteiger partial charge in [0.05, 0.1) is 12.5 Å². The van der Waals surface area contributed by atoms with E-state index in [1.54, 1.807) is 55.6 Å². The molecular weight excluding hydrogens is 396 g/mol. The number of carbonyl (C=O) groups excluding carboxylic acids is 3. The van der Waals surface area contributed by atoms with Gasteiger partial charge in [0.25, 0.3) is 11.8 Å². The zero-order chi connectivity index (χ0) is 22.4. The van der Waals surface area contributed by atoms with E-state index in [1.165, 1.54) is 0 Å². The largest absolute Gasteiger partial charge is 0.497 e. The Hall–Kier alpha value is -3.35. The molecule has 1 saturated carbocycles. The molecule has 1 saturated heterocycles. The fourth-order valence-corrected chi connectivity index (χ4v) is 4.56. The van der Waals surface area contributed by atoms with Gasteiger partial charge >= 0.3 is 5.97 Å². The van der Waals surface area contributed by atoms with Crippen LogP contribution in [-0.4, -0.2) is 30.5 Å². The molecule has 0 radical (unpaired) electrons. The predicted octanol–water partition coefficient (Wildman–Crippen LogP) is 4.01. The maximum absolute atomic E-state index is 13.1. The predicted molar refractivity (Wildman–Crippen MR) is 116 cm³/mol. The van der Waals surface area contributed by atoms with Gasteiger partial charge in [-0.3, -0.25) is 14.4 Å². The van der Waals surface area contributed by atoms with E-state index in [2.05, 4.69) is 10.6 Å². The van der Waals surface area contributed by atoms with E-state index < -0.39 is 16.4 Å². The Labute approximate surface area is 181 Å². The molecule has 2 aliphatic rings. The Morgan fingerprint density at radius 1 is 0.903 bits per heavy atom. The average Bonchev–Trinajstić information content (AvgIpc) is 3.05. The number of carbonyl (C=O) groups is 3. The molecule has 162 valence electrons. The second-order valence-corrected chi connectivity index (χ2v) is 8.89. The lowest BCUT2D eigenvalue weighted by Gasteiger charge is -2.35. The van der Waals surface area contributed by atoms with Crippen molar-refractivity contribution in [3.8, 4) is 5.75 Å². The Kier molecular flexibility index (Phi) is 4.80. The van der Waals surface area contributed by atoms with Crippen molar-refractivity contribution in [2.45, 2.75) is 39.2 Å². The van der Waals surface area contributed by atoms with Crippen molar-refractivity contribution >= 4 is 29.2 Å². The van der Waals surface area contributed by atoms with Crippen molar-refractivity contribution in [1.82, 2.24) is 0 Å². The van der Waals surface area contributed by atoms with Gasteiger partial charge in [-0.25, -0.2) is 0 Å². The normalized spacial score (nSPS) is 25.6. The molecule has 2 aromatic rings. The zero-order valence-electron chi connectivity index (χ0n) is 18.1. The summed E-state index contributed by atoms with van der Waals surface area (Å²) in [5.74, 6) is -0.206. The van der Waals surface area contributed by atoms with Crippen LogP contribution in [0.2, 0.25) is 0 Å². The fraction of sp³-hybridized carbons (Fsp3) is 0.375. The molecule has 31 heavy (non-hydrogen) atoms. The summed E-state index contributed by atoms with van der Waals surface area (Å²) in [5.41, 5.74) is -0.811. The van der Waals surface area contributed by atoms with Gasteiger partial charge < -0.3 is 20.1 Å². The molecule has 0 spiro atoms. The lowest BCUT2D eigenvalue weighted by Crippen LogP contribution is -2.50. The van der Waals surface area contributed by atoms with Gasteiger partial charge in [0.1, 0.15) is 5.75 Å². The number of benzene rings is 2. The molecule has 2 N–H and O–H groups in total. The minimum atomic E-state index is -1.18. The minimum absolute atomic E-state index is 0.265. The highest BCUT2D eigenvalue weighted by Gasteiger charge is 2.75. The zero-order valence-corrected chi connectivity index (χ0v) is 18.1. The quantitative estimate of drug-likeness (QED) is 0.710. The molecule has 2 unspecified atom stereocenters. The summed E-state index contributed by atoms with van der Waals surface area (Å²) in [6, 6.07) is 13.6. The third-order valence-corrected chi connectivity index (χ3v) is 7.20. The minimum Gasteiger partial charge on any atom is -0.497 e. The summed E-state index contributed by atoms with van der Waals surface area (Å²) in [5, 5.41) is 5.68. The molecule has 2 amide bonds. The number of hydrogen-bond acceptors (Lipinski definition) is 5. The van der Waals surface area contributed by atoms with Crippen LogP contribution < -0.4 is 15.4 Å². The van der Waals surface area contributed by atoms with Gasteiger partial charge in [-0.1, -0.05) is 13.8 Å². The molecule has 2 atom stereocenters. The number of anilines is 2. The van der Waals surface area contributed by atoms with Crippen molar-refractivity contribution < 1.29 is 23.9 Å². The summed E-state index contributed by atoms with van der Waals surface area (Å²) < 4.78 is 10.7. The van der Waals surface area contributed by atoms with E-state index in [-0.39, 0.29) is 17.8 Å². The van der Waals surface area contributed by atoms with Crippen LogP contribution >= 0.6 is 0 Å². The molecule has 0 aromatic heterocycles. The third-order valence-electron chi connectivity index (χ3n) is 7.20. The van der Waals surface area contributed by atoms with Crippen LogP contribution in [-0.2, 0) is 14.3 Å². The van der Waals surface area contributed by atoms with E-state index in [1.807, 2.05) is 20.8 Å². The van der Waals surface area contributed by atoms with Crippen LogP contribution in [0, 0.1) is 10.8 Å².